The molecular weight excluding hydrogens is 275 g/mol. The molecule has 0 bridgehead atoms. The van der Waals surface area contributed by atoms with Crippen LogP contribution < -0.4 is 4.74 Å². The summed E-state index contributed by atoms with van der Waals surface area (Å²) in [5, 5.41) is 1.74. The molecule has 2 atom stereocenters. The predicted molar refractivity (Wildman–Crippen MR) is 69.4 cm³/mol. The molecule has 3 heteroatoms. The van der Waals surface area contributed by atoms with Gasteiger partial charge in [0.15, 0.2) is 0 Å². The first-order valence-corrected chi connectivity index (χ1v) is 6.49. The Hall–Kier alpha value is -0.210. The highest BCUT2D eigenvalue weighted by atomic mass is 79.9. The number of hydrogen-bond acceptors (Lipinski definition) is 1. The van der Waals surface area contributed by atoms with Gasteiger partial charge in [0.05, 0.1) is 7.11 Å². The van der Waals surface area contributed by atoms with Gasteiger partial charge in [0.2, 0.25) is 0 Å². The molecule has 2 unspecified atom stereocenters. The Morgan fingerprint density at radius 1 is 1.40 bits per heavy atom. The van der Waals surface area contributed by atoms with Crippen LogP contribution in [0.2, 0.25) is 5.02 Å². The third kappa shape index (κ3) is 3.12. The van der Waals surface area contributed by atoms with Gasteiger partial charge in [-0.3, -0.25) is 0 Å². The normalized spacial score (nSPS) is 14.7. The highest BCUT2D eigenvalue weighted by Crippen LogP contribution is 2.34. The second-order valence-corrected chi connectivity index (χ2v) is 4.89. The molecule has 0 aliphatic carbocycles. The Labute approximate surface area is 105 Å². The summed E-state index contributed by atoms with van der Waals surface area (Å²) in [6.07, 6.45) is 0. The molecule has 1 nitrogen and oxygen atoms in total. The largest absolute Gasteiger partial charge is 0.496 e. The van der Waals surface area contributed by atoms with Gasteiger partial charge < -0.3 is 4.74 Å². The molecular formula is C12H16BrClO. The third-order valence-corrected chi connectivity index (χ3v) is 4.04. The number of ether oxygens (including phenoxy) is 1. The zero-order valence-corrected chi connectivity index (χ0v) is 11.6. The van der Waals surface area contributed by atoms with Crippen LogP contribution in [0.1, 0.15) is 25.3 Å². The average molecular weight is 292 g/mol. The van der Waals surface area contributed by atoms with Crippen molar-refractivity contribution in [1.29, 1.82) is 0 Å². The summed E-state index contributed by atoms with van der Waals surface area (Å²) in [7, 11) is 1.69. The fourth-order valence-corrected chi connectivity index (χ4v) is 2.24. The second-order valence-electron chi connectivity index (χ2n) is 3.81. The molecule has 1 rings (SSSR count). The molecule has 0 aliphatic rings. The highest BCUT2D eigenvalue weighted by molar-refractivity contribution is 9.09. The Balaban J connectivity index is 3.05. The fourth-order valence-electron chi connectivity index (χ4n) is 1.50. The van der Waals surface area contributed by atoms with Crippen LogP contribution in [0.15, 0.2) is 18.2 Å². The average Bonchev–Trinajstić information content (AvgIpc) is 2.27. The minimum Gasteiger partial charge on any atom is -0.496 e. The summed E-state index contributed by atoms with van der Waals surface area (Å²) in [4.78, 5) is 0. The molecule has 0 saturated carbocycles. The summed E-state index contributed by atoms with van der Waals surface area (Å²) in [5.74, 6) is 1.90. The van der Waals surface area contributed by atoms with Crippen LogP contribution in [0.25, 0.3) is 0 Å². The van der Waals surface area contributed by atoms with E-state index in [1.54, 1.807) is 7.11 Å². The van der Waals surface area contributed by atoms with Crippen molar-refractivity contribution in [2.24, 2.45) is 5.92 Å². The van der Waals surface area contributed by atoms with Crippen molar-refractivity contribution >= 4 is 27.5 Å². The minimum absolute atomic E-state index is 0.429. The van der Waals surface area contributed by atoms with Gasteiger partial charge >= 0.3 is 0 Å². The van der Waals surface area contributed by atoms with E-state index < -0.39 is 0 Å². The van der Waals surface area contributed by atoms with Crippen molar-refractivity contribution in [2.45, 2.75) is 19.8 Å². The predicted octanol–water partition coefficient (Wildman–Crippen LogP) is 4.48. The molecule has 0 fully saturated rings. The molecule has 0 heterocycles. The van der Waals surface area contributed by atoms with Gasteiger partial charge in [0, 0.05) is 10.4 Å². The Kier molecular flexibility index (Phi) is 4.94. The van der Waals surface area contributed by atoms with E-state index in [1.807, 2.05) is 18.2 Å². The molecule has 0 saturated heterocycles. The van der Waals surface area contributed by atoms with Gasteiger partial charge in [-0.05, 0) is 35.6 Å². The van der Waals surface area contributed by atoms with Crippen molar-refractivity contribution in [3.05, 3.63) is 28.8 Å². The van der Waals surface area contributed by atoms with Crippen LogP contribution >= 0.6 is 27.5 Å². The molecule has 15 heavy (non-hydrogen) atoms. The number of halogens is 2. The molecule has 1 aromatic rings. The van der Waals surface area contributed by atoms with Gasteiger partial charge in [-0.1, -0.05) is 41.4 Å². The van der Waals surface area contributed by atoms with E-state index in [2.05, 4.69) is 29.8 Å². The van der Waals surface area contributed by atoms with Gasteiger partial charge in [-0.2, -0.15) is 0 Å². The molecule has 84 valence electrons. The van der Waals surface area contributed by atoms with E-state index >= 15 is 0 Å². The van der Waals surface area contributed by atoms with E-state index in [0.717, 1.165) is 16.1 Å². The van der Waals surface area contributed by atoms with Crippen LogP contribution in [0.3, 0.4) is 0 Å². The third-order valence-electron chi connectivity index (χ3n) is 2.78. The van der Waals surface area contributed by atoms with E-state index in [0.29, 0.717) is 11.8 Å². The molecule has 0 amide bonds. The summed E-state index contributed by atoms with van der Waals surface area (Å²) in [6.45, 7) is 4.40. The Morgan fingerprint density at radius 2 is 2.07 bits per heavy atom. The lowest BCUT2D eigenvalue weighted by molar-refractivity contribution is 0.399. The van der Waals surface area contributed by atoms with Crippen LogP contribution in [0.4, 0.5) is 0 Å². The number of benzene rings is 1. The molecule has 0 radical (unpaired) electrons. The maximum atomic E-state index is 6.00. The van der Waals surface area contributed by atoms with Crippen molar-refractivity contribution in [3.8, 4) is 5.75 Å². The zero-order chi connectivity index (χ0) is 11.4. The summed E-state index contributed by atoms with van der Waals surface area (Å²) >= 11 is 9.50. The van der Waals surface area contributed by atoms with E-state index in [1.165, 1.54) is 5.56 Å². The van der Waals surface area contributed by atoms with Gasteiger partial charge in [0.25, 0.3) is 0 Å². The van der Waals surface area contributed by atoms with Crippen molar-refractivity contribution in [2.75, 3.05) is 12.4 Å². The fraction of sp³-hybridized carbons (Fsp3) is 0.500. The first-order valence-electron chi connectivity index (χ1n) is 4.99. The standard InChI is InChI=1S/C12H16BrClO/c1-8(7-13)9(2)11-6-10(14)4-5-12(11)15-3/h4-6,8-9H,7H2,1-3H3. The smallest absolute Gasteiger partial charge is 0.122 e. The van der Waals surface area contributed by atoms with E-state index in [9.17, 15) is 0 Å². The summed E-state index contributed by atoms with van der Waals surface area (Å²) in [5.41, 5.74) is 1.18. The van der Waals surface area contributed by atoms with E-state index in [4.69, 9.17) is 16.3 Å². The maximum Gasteiger partial charge on any atom is 0.122 e. The lowest BCUT2D eigenvalue weighted by Gasteiger charge is -2.20. The van der Waals surface area contributed by atoms with Crippen molar-refractivity contribution in [3.63, 3.8) is 0 Å². The van der Waals surface area contributed by atoms with Crippen LogP contribution in [0.5, 0.6) is 5.75 Å². The highest BCUT2D eigenvalue weighted by Gasteiger charge is 2.17. The molecule has 0 aromatic heterocycles. The SMILES string of the molecule is COc1ccc(Cl)cc1C(C)C(C)CBr. The van der Waals surface area contributed by atoms with Gasteiger partial charge in [-0.25, -0.2) is 0 Å². The van der Waals surface area contributed by atoms with Crippen molar-refractivity contribution in [1.82, 2.24) is 0 Å². The van der Waals surface area contributed by atoms with Crippen LogP contribution in [-0.4, -0.2) is 12.4 Å². The molecule has 0 aliphatic heterocycles. The van der Waals surface area contributed by atoms with Crippen LogP contribution in [-0.2, 0) is 0 Å². The first kappa shape index (κ1) is 12.9. The second kappa shape index (κ2) is 5.76. The Bertz CT molecular complexity index is 327. The monoisotopic (exact) mass is 290 g/mol. The van der Waals surface area contributed by atoms with E-state index in [-0.39, 0.29) is 0 Å². The van der Waals surface area contributed by atoms with Crippen LogP contribution in [0, 0.1) is 5.92 Å². The summed E-state index contributed by atoms with van der Waals surface area (Å²) in [6, 6.07) is 5.77. The molecule has 0 N–H and O–H groups in total. The summed E-state index contributed by atoms with van der Waals surface area (Å²) < 4.78 is 5.34. The van der Waals surface area contributed by atoms with Gasteiger partial charge in [-0.15, -0.1) is 0 Å². The lowest BCUT2D eigenvalue weighted by atomic mass is 9.90. The minimum atomic E-state index is 0.429. The maximum absolute atomic E-state index is 6.00. The lowest BCUT2D eigenvalue weighted by Crippen LogP contribution is -2.08. The molecule has 0 spiro atoms. The van der Waals surface area contributed by atoms with Gasteiger partial charge in [0.1, 0.15) is 5.75 Å². The number of rotatable bonds is 4. The zero-order valence-electron chi connectivity index (χ0n) is 9.26. The number of hydrogen-bond donors (Lipinski definition) is 0. The quantitative estimate of drug-likeness (QED) is 0.743. The number of alkyl halides is 1. The number of methoxy groups -OCH3 is 1. The Morgan fingerprint density at radius 3 is 2.60 bits per heavy atom. The van der Waals surface area contributed by atoms with Crippen molar-refractivity contribution < 1.29 is 4.74 Å². The topological polar surface area (TPSA) is 9.23 Å². The molecule has 1 aromatic carbocycles. The first-order chi connectivity index (χ1) is 7.10.